The van der Waals surface area contributed by atoms with Crippen molar-refractivity contribution in [3.05, 3.63) is 5.21 Å². The summed E-state index contributed by atoms with van der Waals surface area (Å²) < 4.78 is -0.725. The van der Waals surface area contributed by atoms with Gasteiger partial charge < -0.3 is 25.2 Å². The first kappa shape index (κ1) is 13.8. The predicted octanol–water partition coefficient (Wildman–Crippen LogP) is -0.206. The highest BCUT2D eigenvalue weighted by Gasteiger charge is 2.24. The molecule has 0 heterocycles. The van der Waals surface area contributed by atoms with E-state index in [1.807, 2.05) is 0 Å². The smallest absolute Gasteiger partial charge is 0.189 e. The van der Waals surface area contributed by atoms with E-state index in [4.69, 9.17) is 10.2 Å². The second kappa shape index (κ2) is 7.14. The van der Waals surface area contributed by atoms with Crippen LogP contribution in [0.5, 0.6) is 0 Å². The van der Waals surface area contributed by atoms with Crippen LogP contribution in [0.3, 0.4) is 0 Å². The summed E-state index contributed by atoms with van der Waals surface area (Å²) in [5.74, 6) is 0. The van der Waals surface area contributed by atoms with Crippen molar-refractivity contribution in [2.24, 2.45) is 0 Å². The molecule has 0 bridgehead atoms. The van der Waals surface area contributed by atoms with Crippen LogP contribution >= 0.6 is 0 Å². The van der Waals surface area contributed by atoms with Crippen LogP contribution in [-0.4, -0.2) is 52.5 Å². The van der Waals surface area contributed by atoms with Gasteiger partial charge in [0.15, 0.2) is 6.23 Å². The maximum absolute atomic E-state index is 12.0. The van der Waals surface area contributed by atoms with E-state index in [0.29, 0.717) is 19.3 Å². The number of hydrogen-bond donors (Lipinski definition) is 3. The summed E-state index contributed by atoms with van der Waals surface area (Å²) in [6, 6.07) is 0. The van der Waals surface area contributed by atoms with Crippen molar-refractivity contribution in [1.29, 1.82) is 0 Å². The Morgan fingerprint density at radius 1 is 1.14 bits per heavy atom. The first-order chi connectivity index (χ1) is 6.60. The molecule has 5 heteroatoms. The Kier molecular flexibility index (Phi) is 7.04. The number of hydroxylamine groups is 3. The van der Waals surface area contributed by atoms with Crippen LogP contribution in [-0.2, 0) is 0 Å². The van der Waals surface area contributed by atoms with Crippen molar-refractivity contribution < 1.29 is 20.0 Å². The number of rotatable bonds is 8. The summed E-state index contributed by atoms with van der Waals surface area (Å²) in [4.78, 5) is 0. The molecular formula is C9H21NO4. The number of aliphatic hydroxyl groups excluding tert-OH is 3. The molecule has 0 aliphatic rings. The van der Waals surface area contributed by atoms with Gasteiger partial charge in [-0.3, -0.25) is 0 Å². The standard InChI is InChI=1S/C9H21NO4/c1-2-9(13)10(14,5-3-7-11)6-4-8-12/h9,11-13H,2-8H2,1H3. The molecule has 0 spiro atoms. The molecule has 0 rings (SSSR count). The van der Waals surface area contributed by atoms with Gasteiger partial charge in [0, 0.05) is 32.5 Å². The molecule has 0 aliphatic carbocycles. The Morgan fingerprint density at radius 2 is 1.57 bits per heavy atom. The Balaban J connectivity index is 4.16. The summed E-state index contributed by atoms with van der Waals surface area (Å²) in [5, 5.41) is 38.8. The van der Waals surface area contributed by atoms with Gasteiger partial charge in [0.05, 0.1) is 13.1 Å². The molecule has 86 valence electrons. The molecule has 0 aliphatic heterocycles. The fourth-order valence-electron chi connectivity index (χ4n) is 1.42. The van der Waals surface area contributed by atoms with Gasteiger partial charge in [0.25, 0.3) is 0 Å². The van der Waals surface area contributed by atoms with Crippen molar-refractivity contribution in [3.8, 4) is 0 Å². The van der Waals surface area contributed by atoms with Crippen LogP contribution in [0.15, 0.2) is 0 Å². The van der Waals surface area contributed by atoms with E-state index in [2.05, 4.69) is 0 Å². The zero-order chi connectivity index (χ0) is 11.0. The summed E-state index contributed by atoms with van der Waals surface area (Å²) in [6.07, 6.45) is 0.200. The zero-order valence-electron chi connectivity index (χ0n) is 8.72. The minimum atomic E-state index is -0.951. The lowest BCUT2D eigenvalue weighted by atomic mass is 10.2. The SMILES string of the molecule is CCC(O)[N+]([O-])(CCCO)CCCO. The molecule has 0 aromatic heterocycles. The fourth-order valence-corrected chi connectivity index (χ4v) is 1.42. The van der Waals surface area contributed by atoms with Crippen LogP contribution in [0.25, 0.3) is 0 Å². The van der Waals surface area contributed by atoms with Crippen molar-refractivity contribution in [2.45, 2.75) is 32.4 Å². The third-order valence-electron chi connectivity index (χ3n) is 2.30. The first-order valence-electron chi connectivity index (χ1n) is 5.08. The summed E-state index contributed by atoms with van der Waals surface area (Å²) in [7, 11) is 0. The number of hydrogen-bond acceptors (Lipinski definition) is 4. The average molecular weight is 207 g/mol. The predicted molar refractivity (Wildman–Crippen MR) is 53.1 cm³/mol. The van der Waals surface area contributed by atoms with Crippen LogP contribution < -0.4 is 0 Å². The van der Waals surface area contributed by atoms with Gasteiger partial charge in [-0.1, -0.05) is 6.92 Å². The molecule has 0 amide bonds. The summed E-state index contributed by atoms with van der Waals surface area (Å²) in [5.41, 5.74) is 0. The highest BCUT2D eigenvalue weighted by Crippen LogP contribution is 2.14. The molecule has 5 nitrogen and oxygen atoms in total. The lowest BCUT2D eigenvalue weighted by molar-refractivity contribution is -0.928. The molecule has 1 unspecified atom stereocenters. The van der Waals surface area contributed by atoms with Crippen LogP contribution in [0.1, 0.15) is 26.2 Å². The van der Waals surface area contributed by atoms with Gasteiger partial charge >= 0.3 is 0 Å². The van der Waals surface area contributed by atoms with Crippen molar-refractivity contribution in [3.63, 3.8) is 0 Å². The largest absolute Gasteiger partial charge is 0.631 e. The minimum Gasteiger partial charge on any atom is -0.631 e. The molecule has 0 saturated carbocycles. The van der Waals surface area contributed by atoms with Crippen LogP contribution in [0.2, 0.25) is 0 Å². The van der Waals surface area contributed by atoms with Crippen molar-refractivity contribution in [2.75, 3.05) is 26.3 Å². The van der Waals surface area contributed by atoms with Gasteiger partial charge in [-0.05, 0) is 0 Å². The van der Waals surface area contributed by atoms with Gasteiger partial charge in [0.2, 0.25) is 0 Å². The van der Waals surface area contributed by atoms with E-state index < -0.39 is 10.9 Å². The molecule has 0 aromatic rings. The lowest BCUT2D eigenvalue weighted by Crippen LogP contribution is -2.52. The Morgan fingerprint density at radius 3 is 1.86 bits per heavy atom. The Labute approximate surface area is 84.8 Å². The van der Waals surface area contributed by atoms with E-state index in [-0.39, 0.29) is 26.3 Å². The third kappa shape index (κ3) is 4.34. The molecule has 1 atom stereocenters. The quantitative estimate of drug-likeness (QED) is 0.292. The first-order valence-corrected chi connectivity index (χ1v) is 5.08. The van der Waals surface area contributed by atoms with Crippen LogP contribution in [0.4, 0.5) is 0 Å². The highest BCUT2D eigenvalue weighted by atomic mass is 16.6. The van der Waals surface area contributed by atoms with Crippen LogP contribution in [0, 0.1) is 5.21 Å². The summed E-state index contributed by atoms with van der Waals surface area (Å²) in [6.45, 7) is 2.06. The number of nitrogens with zero attached hydrogens (tertiary/aromatic N) is 1. The molecule has 14 heavy (non-hydrogen) atoms. The molecule has 0 fully saturated rings. The second-order valence-corrected chi connectivity index (χ2v) is 3.44. The fraction of sp³-hybridized carbons (Fsp3) is 1.00. The van der Waals surface area contributed by atoms with Gasteiger partial charge in [0.1, 0.15) is 0 Å². The molecular weight excluding hydrogens is 186 g/mol. The van der Waals surface area contributed by atoms with E-state index >= 15 is 0 Å². The van der Waals surface area contributed by atoms with E-state index in [9.17, 15) is 10.3 Å². The van der Waals surface area contributed by atoms with E-state index in [0.717, 1.165) is 0 Å². The van der Waals surface area contributed by atoms with E-state index in [1.54, 1.807) is 6.92 Å². The lowest BCUT2D eigenvalue weighted by Gasteiger charge is -2.46. The molecule has 3 N–H and O–H groups in total. The Bertz CT molecular complexity index is 135. The average Bonchev–Trinajstić information content (AvgIpc) is 2.22. The molecule has 0 saturated heterocycles. The van der Waals surface area contributed by atoms with Crippen molar-refractivity contribution >= 4 is 0 Å². The van der Waals surface area contributed by atoms with Gasteiger partial charge in [-0.25, -0.2) is 0 Å². The zero-order valence-corrected chi connectivity index (χ0v) is 8.72. The minimum absolute atomic E-state index is 0.0438. The topological polar surface area (TPSA) is 83.8 Å². The number of aliphatic hydroxyl groups is 3. The second-order valence-electron chi connectivity index (χ2n) is 3.44. The van der Waals surface area contributed by atoms with E-state index in [1.165, 1.54) is 0 Å². The van der Waals surface area contributed by atoms with Gasteiger partial charge in [-0.15, -0.1) is 0 Å². The highest BCUT2D eigenvalue weighted by molar-refractivity contribution is 4.49. The third-order valence-corrected chi connectivity index (χ3v) is 2.30. The molecule has 0 aromatic carbocycles. The summed E-state index contributed by atoms with van der Waals surface area (Å²) >= 11 is 0. The molecule has 0 radical (unpaired) electrons. The normalized spacial score (nSPS) is 14.4. The maximum atomic E-state index is 12.0. The monoisotopic (exact) mass is 207 g/mol. The van der Waals surface area contributed by atoms with Gasteiger partial charge in [-0.2, -0.15) is 0 Å². The Hall–Kier alpha value is -0.200. The maximum Gasteiger partial charge on any atom is 0.189 e. The van der Waals surface area contributed by atoms with Crippen molar-refractivity contribution in [1.82, 2.24) is 0 Å². The number of quaternary nitrogens is 1.